The topological polar surface area (TPSA) is 87.3 Å². The largest absolute Gasteiger partial charge is 0.490 e. The number of hydrogen-bond acceptors (Lipinski definition) is 6. The normalized spacial score (nSPS) is 16.6. The second-order valence-electron chi connectivity index (χ2n) is 9.44. The van der Waals surface area contributed by atoms with Crippen LogP contribution in [0.5, 0.6) is 11.5 Å². The molecule has 3 aromatic carbocycles. The Morgan fingerprint density at radius 2 is 1.72 bits per heavy atom. The fourth-order valence-electron chi connectivity index (χ4n) is 4.11. The number of amidine groups is 2. The van der Waals surface area contributed by atoms with Crippen LogP contribution in [-0.2, 0) is 4.79 Å². The SMILES string of the molecule is CC[C@@H](C)c1ccc(OCCOc2cccc(/C=C3\C(=N)N4N=C(c5ccc(C)cc5)SC4=NC3=O)c2)cc1. The van der Waals surface area contributed by atoms with Crippen LogP contribution < -0.4 is 9.47 Å². The van der Waals surface area contributed by atoms with Gasteiger partial charge in [-0.15, -0.1) is 0 Å². The summed E-state index contributed by atoms with van der Waals surface area (Å²) in [5, 5.41) is 15.7. The lowest BCUT2D eigenvalue weighted by Crippen LogP contribution is -2.35. The molecule has 198 valence electrons. The van der Waals surface area contributed by atoms with Crippen molar-refractivity contribution in [3.05, 3.63) is 101 Å². The van der Waals surface area contributed by atoms with Gasteiger partial charge in [-0.05, 0) is 72.5 Å². The van der Waals surface area contributed by atoms with E-state index in [-0.39, 0.29) is 11.4 Å². The van der Waals surface area contributed by atoms with Crippen LogP contribution in [0, 0.1) is 12.3 Å². The van der Waals surface area contributed by atoms with Crippen LogP contribution in [0.15, 0.2) is 88.5 Å². The summed E-state index contributed by atoms with van der Waals surface area (Å²) >= 11 is 1.29. The van der Waals surface area contributed by atoms with E-state index in [2.05, 4.69) is 36.1 Å². The Kier molecular flexibility index (Phi) is 7.93. The first kappa shape index (κ1) is 26.4. The first-order chi connectivity index (χ1) is 18.9. The van der Waals surface area contributed by atoms with Crippen molar-refractivity contribution in [2.75, 3.05) is 13.2 Å². The number of thioether (sulfide) groups is 1. The van der Waals surface area contributed by atoms with Crippen molar-refractivity contribution in [1.29, 1.82) is 5.41 Å². The van der Waals surface area contributed by atoms with Crippen LogP contribution in [-0.4, -0.2) is 40.2 Å². The number of amides is 1. The highest BCUT2D eigenvalue weighted by atomic mass is 32.2. The second-order valence-corrected chi connectivity index (χ2v) is 10.4. The number of carbonyl (C=O) groups excluding carboxylic acids is 1. The first-order valence-electron chi connectivity index (χ1n) is 12.9. The Balaban J connectivity index is 1.21. The second kappa shape index (κ2) is 11.7. The molecule has 1 N–H and O–H groups in total. The number of fused-ring (bicyclic) bond motifs is 1. The average molecular weight is 539 g/mol. The predicted molar refractivity (Wildman–Crippen MR) is 158 cm³/mol. The van der Waals surface area contributed by atoms with Crippen molar-refractivity contribution < 1.29 is 14.3 Å². The zero-order valence-electron chi connectivity index (χ0n) is 22.2. The summed E-state index contributed by atoms with van der Waals surface area (Å²) < 4.78 is 11.7. The third kappa shape index (κ3) is 6.12. The summed E-state index contributed by atoms with van der Waals surface area (Å²) in [6.45, 7) is 7.20. The van der Waals surface area contributed by atoms with Crippen LogP contribution >= 0.6 is 11.8 Å². The smallest absolute Gasteiger partial charge is 0.283 e. The molecule has 1 amide bonds. The Bertz CT molecular complexity index is 1480. The molecule has 0 fully saturated rings. The van der Waals surface area contributed by atoms with Crippen LogP contribution in [0.25, 0.3) is 6.08 Å². The van der Waals surface area contributed by atoms with E-state index >= 15 is 0 Å². The summed E-state index contributed by atoms with van der Waals surface area (Å²) in [4.78, 5) is 17.0. The van der Waals surface area contributed by atoms with Gasteiger partial charge in [0.25, 0.3) is 5.91 Å². The number of aryl methyl sites for hydroxylation is 1. The van der Waals surface area contributed by atoms with E-state index in [0.717, 1.165) is 28.9 Å². The molecule has 39 heavy (non-hydrogen) atoms. The molecular weight excluding hydrogens is 508 g/mol. The zero-order chi connectivity index (χ0) is 27.4. The van der Waals surface area contributed by atoms with E-state index in [4.69, 9.17) is 14.9 Å². The Morgan fingerprint density at radius 1 is 1.00 bits per heavy atom. The molecule has 8 heteroatoms. The molecule has 5 rings (SSSR count). The van der Waals surface area contributed by atoms with Gasteiger partial charge in [-0.1, -0.05) is 67.9 Å². The van der Waals surface area contributed by atoms with Crippen LogP contribution in [0.4, 0.5) is 0 Å². The van der Waals surface area contributed by atoms with Gasteiger partial charge in [0.1, 0.15) is 29.8 Å². The Morgan fingerprint density at radius 3 is 2.44 bits per heavy atom. The van der Waals surface area contributed by atoms with Gasteiger partial charge < -0.3 is 9.47 Å². The molecule has 0 radical (unpaired) electrons. The van der Waals surface area contributed by atoms with Crippen LogP contribution in [0.2, 0.25) is 0 Å². The molecule has 0 bridgehead atoms. The molecule has 7 nitrogen and oxygen atoms in total. The summed E-state index contributed by atoms with van der Waals surface area (Å²) in [7, 11) is 0. The number of rotatable bonds is 9. The fraction of sp³-hybridized carbons (Fsp3) is 0.226. The van der Waals surface area contributed by atoms with Crippen molar-refractivity contribution >= 4 is 39.8 Å². The molecule has 2 heterocycles. The number of nitrogens with one attached hydrogen (secondary N) is 1. The molecule has 0 saturated heterocycles. The lowest BCUT2D eigenvalue weighted by molar-refractivity contribution is -0.114. The van der Waals surface area contributed by atoms with Crippen molar-refractivity contribution in [1.82, 2.24) is 5.01 Å². The molecule has 0 aliphatic carbocycles. The lowest BCUT2D eigenvalue weighted by Gasteiger charge is -2.20. The minimum atomic E-state index is -0.460. The number of hydrogen-bond donors (Lipinski definition) is 1. The molecule has 1 atom stereocenters. The number of hydrazone groups is 1. The quantitative estimate of drug-likeness (QED) is 0.244. The van der Waals surface area contributed by atoms with Crippen molar-refractivity contribution in [3.8, 4) is 11.5 Å². The standard InChI is InChI=1S/C31H30N4O3S/c1-4-21(3)23-12-14-25(15-13-23)37-16-17-38-26-7-5-6-22(18-26)19-27-28(32)35-31(33-29(27)36)39-30(34-35)24-10-8-20(2)9-11-24/h5-15,18-19,21,32H,4,16-17H2,1-3H3/b27-19+,32-28?/t21-/m1/s1. The molecule has 0 unspecified atom stereocenters. The third-order valence-electron chi connectivity index (χ3n) is 6.60. The van der Waals surface area contributed by atoms with Gasteiger partial charge >= 0.3 is 0 Å². The summed E-state index contributed by atoms with van der Waals surface area (Å²) in [5.74, 6) is 1.53. The summed E-state index contributed by atoms with van der Waals surface area (Å²) in [6, 6.07) is 23.5. The minimum Gasteiger partial charge on any atom is -0.490 e. The van der Waals surface area contributed by atoms with Crippen molar-refractivity contribution in [2.45, 2.75) is 33.1 Å². The highest BCUT2D eigenvalue weighted by Gasteiger charge is 2.36. The molecule has 2 aliphatic rings. The van der Waals surface area contributed by atoms with Crippen LogP contribution in [0.1, 0.15) is 48.4 Å². The summed E-state index contributed by atoms with van der Waals surface area (Å²) in [5.41, 5.74) is 4.28. The average Bonchev–Trinajstić information content (AvgIpc) is 3.38. The van der Waals surface area contributed by atoms with Gasteiger partial charge in [-0.2, -0.15) is 15.1 Å². The number of carbonyl (C=O) groups is 1. The lowest BCUT2D eigenvalue weighted by atomic mass is 9.99. The zero-order valence-corrected chi connectivity index (χ0v) is 23.0. The molecule has 2 aliphatic heterocycles. The predicted octanol–water partition coefficient (Wildman–Crippen LogP) is 6.63. The molecule has 0 aromatic heterocycles. The first-order valence-corrected chi connectivity index (χ1v) is 13.8. The van der Waals surface area contributed by atoms with Gasteiger partial charge in [0.15, 0.2) is 5.84 Å². The van der Waals surface area contributed by atoms with E-state index in [1.807, 2.05) is 67.6 Å². The maximum absolute atomic E-state index is 12.8. The van der Waals surface area contributed by atoms with E-state index in [0.29, 0.717) is 35.1 Å². The van der Waals surface area contributed by atoms with Crippen molar-refractivity contribution in [3.63, 3.8) is 0 Å². The monoisotopic (exact) mass is 538 g/mol. The number of ether oxygens (including phenoxy) is 2. The van der Waals surface area contributed by atoms with Gasteiger partial charge in [0, 0.05) is 5.56 Å². The fourth-order valence-corrected chi connectivity index (χ4v) is 5.01. The maximum atomic E-state index is 12.8. The maximum Gasteiger partial charge on any atom is 0.283 e. The summed E-state index contributed by atoms with van der Waals surface area (Å²) in [6.07, 6.45) is 2.75. The van der Waals surface area contributed by atoms with Crippen molar-refractivity contribution in [2.24, 2.45) is 10.1 Å². The molecule has 0 saturated carbocycles. The van der Waals surface area contributed by atoms with Gasteiger partial charge in [0.05, 0.1) is 5.57 Å². The van der Waals surface area contributed by atoms with Crippen LogP contribution in [0.3, 0.4) is 0 Å². The number of aliphatic imine (C=N–C) groups is 1. The number of nitrogens with zero attached hydrogens (tertiary/aromatic N) is 3. The van der Waals surface area contributed by atoms with E-state index in [1.165, 1.54) is 22.3 Å². The highest BCUT2D eigenvalue weighted by molar-refractivity contribution is 8.27. The third-order valence-corrected chi connectivity index (χ3v) is 7.56. The molecular formula is C31H30N4O3S. The van der Waals surface area contributed by atoms with Gasteiger partial charge in [-0.25, -0.2) is 0 Å². The van der Waals surface area contributed by atoms with Gasteiger partial charge in [-0.3, -0.25) is 10.2 Å². The minimum absolute atomic E-state index is 0.00122. The van der Waals surface area contributed by atoms with E-state index < -0.39 is 5.91 Å². The molecule has 0 spiro atoms. The van der Waals surface area contributed by atoms with E-state index in [9.17, 15) is 4.79 Å². The highest BCUT2D eigenvalue weighted by Crippen LogP contribution is 2.31. The Hall–Kier alpha value is -4.17. The molecule has 3 aromatic rings. The van der Waals surface area contributed by atoms with Gasteiger partial charge in [0.2, 0.25) is 5.17 Å². The van der Waals surface area contributed by atoms with E-state index in [1.54, 1.807) is 6.08 Å². The number of benzene rings is 3. The Labute approximate surface area is 232 Å².